The highest BCUT2D eigenvalue weighted by atomic mass is 32.2. The second-order valence-electron chi connectivity index (χ2n) is 5.37. The molecule has 0 spiro atoms. The van der Waals surface area contributed by atoms with Crippen LogP contribution in [0.2, 0.25) is 0 Å². The van der Waals surface area contributed by atoms with Crippen LogP contribution < -0.4 is 11.3 Å². The van der Waals surface area contributed by atoms with Crippen LogP contribution in [0.5, 0.6) is 0 Å². The number of nitrogens with zero attached hydrogens (tertiary/aromatic N) is 4. The monoisotopic (exact) mass is 356 g/mol. The summed E-state index contributed by atoms with van der Waals surface area (Å²) in [6.07, 6.45) is 1.55. The summed E-state index contributed by atoms with van der Waals surface area (Å²) in [6.45, 7) is 2.05. The van der Waals surface area contributed by atoms with Gasteiger partial charge in [-0.2, -0.15) is 5.10 Å². The van der Waals surface area contributed by atoms with Crippen molar-refractivity contribution >= 4 is 23.9 Å². The lowest BCUT2D eigenvalue weighted by molar-refractivity contribution is 0.628. The second-order valence-corrected chi connectivity index (χ2v) is 6.31. The number of halogens is 1. The Kier molecular flexibility index (Phi) is 5.30. The predicted octanol–water partition coefficient (Wildman–Crippen LogP) is 3.18. The number of aryl methyl sites for hydroxylation is 1. The lowest BCUT2D eigenvalue weighted by atomic mass is 10.2. The van der Waals surface area contributed by atoms with E-state index in [0.717, 1.165) is 11.3 Å². The normalized spacial score (nSPS) is 11.1. The van der Waals surface area contributed by atoms with Crippen molar-refractivity contribution in [2.75, 3.05) is 11.3 Å². The van der Waals surface area contributed by atoms with Gasteiger partial charge in [0, 0.05) is 5.75 Å². The third kappa shape index (κ3) is 4.57. The predicted molar refractivity (Wildman–Crippen MR) is 98.5 cm³/mol. The zero-order chi connectivity index (χ0) is 17.6. The maximum atomic E-state index is 12.8. The minimum Gasteiger partial charge on any atom is -0.334 e. The van der Waals surface area contributed by atoms with Crippen LogP contribution in [0, 0.1) is 12.7 Å². The molecule has 0 saturated carbocycles. The van der Waals surface area contributed by atoms with Gasteiger partial charge in [-0.05, 0) is 30.2 Å². The Hall–Kier alpha value is -2.87. The van der Waals surface area contributed by atoms with Crippen LogP contribution in [0.15, 0.2) is 58.8 Å². The van der Waals surface area contributed by atoms with Crippen molar-refractivity contribution < 1.29 is 4.39 Å². The van der Waals surface area contributed by atoms with E-state index in [0.29, 0.717) is 11.1 Å². The number of thioether (sulfide) groups is 1. The van der Waals surface area contributed by atoms with Crippen LogP contribution in [0.1, 0.15) is 16.7 Å². The number of rotatable bonds is 6. The first-order valence-corrected chi connectivity index (χ1v) is 8.54. The first-order valence-electron chi connectivity index (χ1n) is 7.55. The first-order chi connectivity index (χ1) is 12.1. The van der Waals surface area contributed by atoms with E-state index in [1.165, 1.54) is 39.7 Å². The van der Waals surface area contributed by atoms with Gasteiger partial charge in [0.15, 0.2) is 0 Å². The third-order valence-electron chi connectivity index (χ3n) is 3.40. The largest absolute Gasteiger partial charge is 0.334 e. The van der Waals surface area contributed by atoms with Crippen molar-refractivity contribution in [3.8, 4) is 0 Å². The van der Waals surface area contributed by atoms with Crippen molar-refractivity contribution in [3.63, 3.8) is 0 Å². The quantitative estimate of drug-likeness (QED) is 0.307. The molecule has 0 aliphatic rings. The number of nitrogens with two attached hydrogens (primary N) is 1. The lowest BCUT2D eigenvalue weighted by Crippen LogP contribution is -2.13. The van der Waals surface area contributed by atoms with Crippen molar-refractivity contribution in [1.29, 1.82) is 0 Å². The van der Waals surface area contributed by atoms with Gasteiger partial charge < -0.3 is 5.84 Å². The molecule has 1 heterocycles. The zero-order valence-electron chi connectivity index (χ0n) is 13.6. The molecule has 0 unspecified atom stereocenters. The molecule has 3 N–H and O–H groups in total. The zero-order valence-corrected chi connectivity index (χ0v) is 14.4. The van der Waals surface area contributed by atoms with Crippen LogP contribution in [0.3, 0.4) is 0 Å². The molecular weight excluding hydrogens is 339 g/mol. The second kappa shape index (κ2) is 7.80. The van der Waals surface area contributed by atoms with E-state index in [1.807, 2.05) is 0 Å². The Morgan fingerprint density at radius 2 is 1.88 bits per heavy atom. The number of benzene rings is 2. The highest BCUT2D eigenvalue weighted by Gasteiger charge is 2.09. The van der Waals surface area contributed by atoms with Crippen molar-refractivity contribution in [2.24, 2.45) is 5.10 Å². The maximum absolute atomic E-state index is 12.8. The van der Waals surface area contributed by atoms with Crippen molar-refractivity contribution in [1.82, 2.24) is 14.9 Å². The van der Waals surface area contributed by atoms with Gasteiger partial charge in [-0.15, -0.1) is 10.2 Å². The molecular formula is C17H17FN6S. The molecule has 8 heteroatoms. The average molecular weight is 356 g/mol. The van der Waals surface area contributed by atoms with Crippen LogP contribution >= 0.6 is 11.8 Å². The number of hydrogen-bond acceptors (Lipinski definition) is 6. The summed E-state index contributed by atoms with van der Waals surface area (Å²) < 4.78 is 14.2. The van der Waals surface area contributed by atoms with Gasteiger partial charge in [-0.3, -0.25) is 0 Å². The smallest absolute Gasteiger partial charge is 0.264 e. The van der Waals surface area contributed by atoms with Gasteiger partial charge in [0.2, 0.25) is 5.16 Å². The molecule has 0 fully saturated rings. The molecule has 2 aromatic carbocycles. The molecule has 0 aliphatic carbocycles. The summed E-state index contributed by atoms with van der Waals surface area (Å²) in [5.74, 6) is 6.75. The summed E-state index contributed by atoms with van der Waals surface area (Å²) >= 11 is 1.49. The van der Waals surface area contributed by atoms with Gasteiger partial charge in [-0.1, -0.05) is 53.7 Å². The van der Waals surface area contributed by atoms with E-state index in [-0.39, 0.29) is 5.82 Å². The number of aromatic nitrogens is 3. The fraction of sp³-hybridized carbons (Fsp3) is 0.118. The first kappa shape index (κ1) is 17.0. The Morgan fingerprint density at radius 3 is 2.60 bits per heavy atom. The molecule has 0 bridgehead atoms. The molecule has 1 aromatic heterocycles. The Morgan fingerprint density at radius 1 is 1.16 bits per heavy atom. The third-order valence-corrected chi connectivity index (χ3v) is 4.42. The highest BCUT2D eigenvalue weighted by Crippen LogP contribution is 2.21. The number of anilines is 1. The summed E-state index contributed by atoms with van der Waals surface area (Å²) in [7, 11) is 0. The molecule has 0 amide bonds. The Balaban J connectivity index is 1.58. The molecule has 25 heavy (non-hydrogen) atoms. The SMILES string of the molecule is Cc1ccc(CSc2nnc(N/N=C/c3ccc(F)cc3)n2N)cc1. The fourth-order valence-corrected chi connectivity index (χ4v) is 2.81. The van der Waals surface area contributed by atoms with Crippen LogP contribution in [-0.4, -0.2) is 21.1 Å². The van der Waals surface area contributed by atoms with E-state index in [2.05, 4.69) is 51.9 Å². The number of hydrogen-bond donors (Lipinski definition) is 2. The standard InChI is InChI=1S/C17H17FN6S/c1-12-2-4-14(5-3-12)11-25-17-23-22-16(24(17)19)21-20-10-13-6-8-15(18)9-7-13/h2-10H,11,19H2,1H3,(H,21,22)/b20-10+. The van der Waals surface area contributed by atoms with Gasteiger partial charge in [0.25, 0.3) is 5.95 Å². The summed E-state index contributed by atoms with van der Waals surface area (Å²) in [5.41, 5.74) is 5.89. The molecule has 6 nitrogen and oxygen atoms in total. The van der Waals surface area contributed by atoms with Gasteiger partial charge in [-0.25, -0.2) is 14.5 Å². The van der Waals surface area contributed by atoms with Gasteiger partial charge >= 0.3 is 0 Å². The van der Waals surface area contributed by atoms with Crippen LogP contribution in [-0.2, 0) is 5.75 Å². The molecule has 0 radical (unpaired) electrons. The average Bonchev–Trinajstić information content (AvgIpc) is 2.96. The highest BCUT2D eigenvalue weighted by molar-refractivity contribution is 7.98. The number of nitrogen functional groups attached to an aromatic ring is 1. The van der Waals surface area contributed by atoms with E-state index < -0.39 is 0 Å². The molecule has 0 aliphatic heterocycles. The lowest BCUT2D eigenvalue weighted by Gasteiger charge is -2.03. The summed E-state index contributed by atoms with van der Waals surface area (Å²) in [5, 5.41) is 12.6. The van der Waals surface area contributed by atoms with Crippen LogP contribution in [0.25, 0.3) is 0 Å². The minimum atomic E-state index is -0.290. The topological polar surface area (TPSA) is 81.1 Å². The summed E-state index contributed by atoms with van der Waals surface area (Å²) in [6, 6.07) is 14.3. The van der Waals surface area contributed by atoms with E-state index >= 15 is 0 Å². The molecule has 0 atom stereocenters. The van der Waals surface area contributed by atoms with Crippen LogP contribution in [0.4, 0.5) is 10.3 Å². The minimum absolute atomic E-state index is 0.290. The van der Waals surface area contributed by atoms with E-state index in [9.17, 15) is 4.39 Å². The molecule has 0 saturated heterocycles. The van der Waals surface area contributed by atoms with Gasteiger partial charge in [0.05, 0.1) is 6.21 Å². The number of hydrazone groups is 1. The van der Waals surface area contributed by atoms with Crippen molar-refractivity contribution in [2.45, 2.75) is 17.8 Å². The molecule has 3 rings (SSSR count). The molecule has 3 aromatic rings. The number of nitrogens with one attached hydrogen (secondary N) is 1. The fourth-order valence-electron chi connectivity index (χ4n) is 2.00. The Labute approximate surface area is 148 Å². The summed E-state index contributed by atoms with van der Waals surface area (Å²) in [4.78, 5) is 0. The van der Waals surface area contributed by atoms with E-state index in [1.54, 1.807) is 18.3 Å². The Bertz CT molecular complexity index is 858. The van der Waals surface area contributed by atoms with Gasteiger partial charge in [0.1, 0.15) is 5.82 Å². The van der Waals surface area contributed by atoms with E-state index in [4.69, 9.17) is 5.84 Å². The maximum Gasteiger partial charge on any atom is 0.264 e. The van der Waals surface area contributed by atoms with Crippen molar-refractivity contribution in [3.05, 3.63) is 71.0 Å². The molecule has 128 valence electrons.